The molecule has 16 heavy (non-hydrogen) atoms. The van der Waals surface area contributed by atoms with Gasteiger partial charge in [0.05, 0.1) is 5.56 Å². The van der Waals surface area contributed by atoms with E-state index in [1.165, 1.54) is 12.1 Å². The molecule has 0 amide bonds. The number of aliphatic carboxylic acids is 1. The first-order valence-corrected chi connectivity index (χ1v) is 4.54. The van der Waals surface area contributed by atoms with Crippen LogP contribution >= 0.6 is 0 Å². The third-order valence-electron chi connectivity index (χ3n) is 2.50. The minimum atomic E-state index is -1.25. The van der Waals surface area contributed by atoms with Crippen LogP contribution in [0, 0.1) is 0 Å². The van der Waals surface area contributed by atoms with Crippen LogP contribution in [0.5, 0.6) is 11.5 Å². The molecule has 2 aliphatic rings. The molecule has 0 radical (unpaired) electrons. The van der Waals surface area contributed by atoms with Crippen molar-refractivity contribution in [2.24, 2.45) is 0 Å². The second-order valence-electron chi connectivity index (χ2n) is 3.42. The third kappa shape index (κ3) is 1.06. The maximum atomic E-state index is 11.4. The molecule has 0 saturated heterocycles. The monoisotopic (exact) mass is 222 g/mol. The average molecular weight is 222 g/mol. The lowest BCUT2D eigenvalue weighted by atomic mass is 10.0. The van der Waals surface area contributed by atoms with Gasteiger partial charge in [-0.15, -0.1) is 0 Å². The molecular formula is C10H6O6. The lowest BCUT2D eigenvalue weighted by molar-refractivity contribution is -0.146. The molecule has 1 aromatic rings. The highest BCUT2D eigenvalue weighted by Crippen LogP contribution is 2.41. The van der Waals surface area contributed by atoms with E-state index in [2.05, 4.69) is 0 Å². The van der Waals surface area contributed by atoms with Crippen molar-refractivity contribution in [1.82, 2.24) is 0 Å². The molecule has 1 atom stereocenters. The fourth-order valence-corrected chi connectivity index (χ4v) is 1.77. The van der Waals surface area contributed by atoms with Gasteiger partial charge in [0.1, 0.15) is 0 Å². The van der Waals surface area contributed by atoms with Crippen LogP contribution in [0.4, 0.5) is 0 Å². The number of esters is 1. The van der Waals surface area contributed by atoms with Crippen LogP contribution in [0.25, 0.3) is 0 Å². The van der Waals surface area contributed by atoms with Gasteiger partial charge in [0, 0.05) is 5.56 Å². The van der Waals surface area contributed by atoms with E-state index >= 15 is 0 Å². The van der Waals surface area contributed by atoms with Gasteiger partial charge in [-0.1, -0.05) is 0 Å². The lowest BCUT2D eigenvalue weighted by Crippen LogP contribution is -2.10. The summed E-state index contributed by atoms with van der Waals surface area (Å²) in [7, 11) is 0. The molecule has 0 aromatic heterocycles. The van der Waals surface area contributed by atoms with Crippen LogP contribution in [0.2, 0.25) is 0 Å². The van der Waals surface area contributed by atoms with Crippen LogP contribution in [-0.2, 0) is 9.53 Å². The number of carbonyl (C=O) groups is 2. The topological polar surface area (TPSA) is 82.1 Å². The fraction of sp³-hybridized carbons (Fsp3) is 0.200. The molecular weight excluding hydrogens is 216 g/mol. The molecule has 0 aliphatic carbocycles. The first-order chi connectivity index (χ1) is 7.66. The van der Waals surface area contributed by atoms with Crippen molar-refractivity contribution in [3.63, 3.8) is 0 Å². The van der Waals surface area contributed by atoms with Gasteiger partial charge in [-0.2, -0.15) is 0 Å². The van der Waals surface area contributed by atoms with E-state index in [9.17, 15) is 9.59 Å². The standard InChI is InChI=1S/C10H6O6/c11-9(12)8-4-1-6-7(15-3-14-6)2-5(4)10(13)16-8/h1-2,8H,3H2,(H,11,12). The molecule has 82 valence electrons. The number of carboxylic acid groups (broad SMARTS) is 1. The van der Waals surface area contributed by atoms with Gasteiger partial charge in [-0.05, 0) is 12.1 Å². The summed E-state index contributed by atoms with van der Waals surface area (Å²) in [6.07, 6.45) is -1.25. The molecule has 1 aromatic carbocycles. The molecule has 6 heteroatoms. The van der Waals surface area contributed by atoms with Crippen molar-refractivity contribution in [2.45, 2.75) is 6.10 Å². The fourth-order valence-electron chi connectivity index (χ4n) is 1.77. The zero-order chi connectivity index (χ0) is 11.3. The first kappa shape index (κ1) is 9.02. The van der Waals surface area contributed by atoms with Crippen LogP contribution in [0.1, 0.15) is 22.0 Å². The summed E-state index contributed by atoms with van der Waals surface area (Å²) in [5.74, 6) is -0.989. The Morgan fingerprint density at radius 3 is 2.69 bits per heavy atom. The Labute approximate surface area is 89.3 Å². The van der Waals surface area contributed by atoms with Gasteiger partial charge in [0.15, 0.2) is 11.5 Å². The maximum Gasteiger partial charge on any atom is 0.349 e. The average Bonchev–Trinajstić information content (AvgIpc) is 2.80. The van der Waals surface area contributed by atoms with E-state index in [-0.39, 0.29) is 12.4 Å². The number of carboxylic acids is 1. The second-order valence-corrected chi connectivity index (χ2v) is 3.42. The number of benzene rings is 1. The maximum absolute atomic E-state index is 11.4. The zero-order valence-corrected chi connectivity index (χ0v) is 7.93. The van der Waals surface area contributed by atoms with Gasteiger partial charge >= 0.3 is 11.9 Å². The summed E-state index contributed by atoms with van der Waals surface area (Å²) >= 11 is 0. The largest absolute Gasteiger partial charge is 0.478 e. The summed E-state index contributed by atoms with van der Waals surface area (Å²) in [5.41, 5.74) is 0.526. The Bertz CT molecular complexity index is 506. The summed E-state index contributed by atoms with van der Waals surface area (Å²) in [6.45, 7) is 0.0744. The van der Waals surface area contributed by atoms with E-state index in [0.29, 0.717) is 17.1 Å². The summed E-state index contributed by atoms with van der Waals surface area (Å²) in [5, 5.41) is 8.88. The number of cyclic esters (lactones) is 1. The van der Waals surface area contributed by atoms with Gasteiger partial charge in [-0.25, -0.2) is 9.59 Å². The minimum absolute atomic E-state index is 0.0744. The SMILES string of the molecule is O=C1OC(C(=O)O)c2cc3c(cc21)OCO3. The van der Waals surface area contributed by atoms with E-state index in [1.807, 2.05) is 0 Å². The van der Waals surface area contributed by atoms with Crippen molar-refractivity contribution in [2.75, 3.05) is 6.79 Å². The Kier molecular flexibility index (Phi) is 1.62. The highest BCUT2D eigenvalue weighted by molar-refractivity contribution is 5.99. The highest BCUT2D eigenvalue weighted by atomic mass is 16.7. The molecule has 2 heterocycles. The molecule has 0 spiro atoms. The Morgan fingerprint density at radius 2 is 2.00 bits per heavy atom. The number of rotatable bonds is 1. The predicted molar refractivity (Wildman–Crippen MR) is 48.4 cm³/mol. The van der Waals surface area contributed by atoms with Gasteiger partial charge in [-0.3, -0.25) is 0 Å². The summed E-state index contributed by atoms with van der Waals surface area (Å²) in [4.78, 5) is 22.3. The van der Waals surface area contributed by atoms with Crippen LogP contribution in [0.15, 0.2) is 12.1 Å². The predicted octanol–water partition coefficient (Wildman–Crippen LogP) is 0.711. The highest BCUT2D eigenvalue weighted by Gasteiger charge is 2.38. The number of hydrogen-bond acceptors (Lipinski definition) is 5. The van der Waals surface area contributed by atoms with Gasteiger partial charge in [0.2, 0.25) is 12.9 Å². The minimum Gasteiger partial charge on any atom is -0.478 e. The number of hydrogen-bond donors (Lipinski definition) is 1. The Morgan fingerprint density at radius 1 is 1.31 bits per heavy atom. The molecule has 0 fully saturated rings. The Balaban J connectivity index is 2.17. The molecule has 3 rings (SSSR count). The summed E-state index contributed by atoms with van der Waals surface area (Å²) in [6, 6.07) is 2.92. The van der Waals surface area contributed by atoms with E-state index in [4.69, 9.17) is 19.3 Å². The van der Waals surface area contributed by atoms with E-state index < -0.39 is 18.0 Å². The normalized spacial score (nSPS) is 20.5. The lowest BCUT2D eigenvalue weighted by Gasteiger charge is -2.04. The molecule has 1 unspecified atom stereocenters. The van der Waals surface area contributed by atoms with Crippen molar-refractivity contribution >= 4 is 11.9 Å². The van der Waals surface area contributed by atoms with Gasteiger partial charge in [0.25, 0.3) is 0 Å². The van der Waals surface area contributed by atoms with Crippen LogP contribution in [0.3, 0.4) is 0 Å². The van der Waals surface area contributed by atoms with Crippen LogP contribution < -0.4 is 9.47 Å². The first-order valence-electron chi connectivity index (χ1n) is 4.54. The van der Waals surface area contributed by atoms with Crippen molar-refractivity contribution in [3.8, 4) is 11.5 Å². The molecule has 0 bridgehead atoms. The van der Waals surface area contributed by atoms with E-state index in [0.717, 1.165) is 0 Å². The van der Waals surface area contributed by atoms with Gasteiger partial charge < -0.3 is 19.3 Å². The van der Waals surface area contributed by atoms with Crippen LogP contribution in [-0.4, -0.2) is 23.8 Å². The van der Waals surface area contributed by atoms with Crippen molar-refractivity contribution in [3.05, 3.63) is 23.3 Å². The number of ether oxygens (including phenoxy) is 3. The third-order valence-corrected chi connectivity index (χ3v) is 2.50. The second kappa shape index (κ2) is 2.88. The molecule has 0 saturated carbocycles. The zero-order valence-electron chi connectivity index (χ0n) is 7.93. The number of carbonyl (C=O) groups excluding carboxylic acids is 1. The molecule has 1 N–H and O–H groups in total. The molecule has 2 aliphatic heterocycles. The molecule has 6 nitrogen and oxygen atoms in total. The number of fused-ring (bicyclic) bond motifs is 2. The van der Waals surface area contributed by atoms with Crippen molar-refractivity contribution < 1.29 is 28.9 Å². The summed E-state index contributed by atoms with van der Waals surface area (Å²) < 4.78 is 14.9. The quantitative estimate of drug-likeness (QED) is 0.704. The Hall–Kier alpha value is -2.24. The smallest absolute Gasteiger partial charge is 0.349 e. The van der Waals surface area contributed by atoms with Crippen molar-refractivity contribution in [1.29, 1.82) is 0 Å². The van der Waals surface area contributed by atoms with E-state index in [1.54, 1.807) is 0 Å².